The summed E-state index contributed by atoms with van der Waals surface area (Å²) < 4.78 is 0. The van der Waals surface area contributed by atoms with Crippen LogP contribution < -0.4 is 5.32 Å². The third-order valence-corrected chi connectivity index (χ3v) is 3.67. The van der Waals surface area contributed by atoms with Gasteiger partial charge in [0.05, 0.1) is 12.2 Å². The van der Waals surface area contributed by atoms with E-state index < -0.39 is 0 Å². The topological polar surface area (TPSA) is 62.2 Å². The Balaban J connectivity index is 2.04. The van der Waals surface area contributed by atoms with Gasteiger partial charge in [0.2, 0.25) is 0 Å². The maximum atomic E-state index is 12.0. The molecule has 1 aliphatic rings. The Morgan fingerprint density at radius 3 is 3.18 bits per heavy atom. The molecule has 0 radical (unpaired) electrons. The summed E-state index contributed by atoms with van der Waals surface area (Å²) in [6.45, 7) is 2.14. The van der Waals surface area contributed by atoms with Gasteiger partial charge in [0.25, 0.3) is 5.91 Å². The van der Waals surface area contributed by atoms with Crippen LogP contribution in [0.3, 0.4) is 0 Å². The average molecular weight is 234 g/mol. The molecule has 4 nitrogen and oxygen atoms in total. The summed E-state index contributed by atoms with van der Waals surface area (Å²) in [5.74, 6) is -0.107. The summed E-state index contributed by atoms with van der Waals surface area (Å²) in [5.41, 5.74) is 0.386. The van der Waals surface area contributed by atoms with Crippen LogP contribution in [0.15, 0.2) is 24.5 Å². The smallest absolute Gasteiger partial charge is 0.253 e. The van der Waals surface area contributed by atoms with Crippen molar-refractivity contribution in [1.29, 1.82) is 0 Å². The Morgan fingerprint density at radius 2 is 2.53 bits per heavy atom. The Kier molecular flexibility index (Phi) is 3.43. The van der Waals surface area contributed by atoms with Crippen LogP contribution in [-0.2, 0) is 0 Å². The van der Waals surface area contributed by atoms with Crippen LogP contribution in [0.5, 0.6) is 0 Å². The molecule has 0 saturated heterocycles. The molecule has 0 aromatic carbocycles. The minimum Gasteiger partial charge on any atom is -0.396 e. The van der Waals surface area contributed by atoms with Gasteiger partial charge in [0.1, 0.15) is 0 Å². The van der Waals surface area contributed by atoms with Crippen molar-refractivity contribution >= 4 is 5.91 Å². The number of pyridine rings is 1. The summed E-state index contributed by atoms with van der Waals surface area (Å²) in [4.78, 5) is 15.9. The molecular weight excluding hydrogens is 216 g/mol. The number of hydrogen-bond acceptors (Lipinski definition) is 3. The number of amides is 1. The summed E-state index contributed by atoms with van der Waals surface area (Å²) >= 11 is 0. The second-order valence-corrected chi connectivity index (χ2v) is 4.97. The quantitative estimate of drug-likeness (QED) is 0.830. The first-order chi connectivity index (χ1) is 8.15. The van der Waals surface area contributed by atoms with Gasteiger partial charge in [-0.05, 0) is 25.0 Å². The first-order valence-corrected chi connectivity index (χ1v) is 5.97. The molecule has 1 fully saturated rings. The molecule has 2 atom stereocenters. The average Bonchev–Trinajstić information content (AvgIpc) is 2.73. The van der Waals surface area contributed by atoms with Crippen molar-refractivity contribution in [2.75, 3.05) is 6.61 Å². The Morgan fingerprint density at radius 1 is 1.71 bits per heavy atom. The molecule has 1 aromatic rings. The van der Waals surface area contributed by atoms with Gasteiger partial charge in [-0.1, -0.05) is 13.3 Å². The fourth-order valence-corrected chi connectivity index (χ4v) is 2.41. The molecule has 0 spiro atoms. The van der Waals surface area contributed by atoms with E-state index in [0.29, 0.717) is 5.56 Å². The van der Waals surface area contributed by atoms with Crippen LogP contribution >= 0.6 is 0 Å². The van der Waals surface area contributed by atoms with Gasteiger partial charge in [-0.3, -0.25) is 9.78 Å². The fourth-order valence-electron chi connectivity index (χ4n) is 2.41. The van der Waals surface area contributed by atoms with Crippen molar-refractivity contribution in [1.82, 2.24) is 10.3 Å². The monoisotopic (exact) mass is 234 g/mol. The number of nitrogens with one attached hydrogen (secondary N) is 1. The van der Waals surface area contributed by atoms with E-state index in [4.69, 9.17) is 0 Å². The second kappa shape index (κ2) is 4.84. The number of hydrogen-bond donors (Lipinski definition) is 2. The first-order valence-electron chi connectivity index (χ1n) is 5.97. The van der Waals surface area contributed by atoms with E-state index in [2.05, 4.69) is 10.3 Å². The Labute approximate surface area is 101 Å². The highest BCUT2D eigenvalue weighted by molar-refractivity contribution is 5.94. The van der Waals surface area contributed by atoms with Gasteiger partial charge in [0.15, 0.2) is 0 Å². The fraction of sp³-hybridized carbons (Fsp3) is 0.538. The van der Waals surface area contributed by atoms with E-state index in [1.807, 2.05) is 6.92 Å². The molecule has 17 heavy (non-hydrogen) atoms. The maximum Gasteiger partial charge on any atom is 0.253 e. The van der Waals surface area contributed by atoms with Gasteiger partial charge in [-0.2, -0.15) is 0 Å². The summed E-state index contributed by atoms with van der Waals surface area (Å²) in [6.07, 6.45) is 6.14. The molecule has 2 unspecified atom stereocenters. The normalized spacial score (nSPS) is 28.0. The lowest BCUT2D eigenvalue weighted by molar-refractivity contribution is 0.0830. The standard InChI is InChI=1S/C13H18N2O2/c1-13(9-16)6-2-5-11(13)15-12(17)10-4-3-7-14-8-10/h3-4,7-8,11,16H,2,5-6,9H2,1H3,(H,15,17). The molecule has 1 aromatic heterocycles. The predicted molar refractivity (Wildman–Crippen MR) is 64.5 cm³/mol. The number of nitrogens with zero attached hydrogens (tertiary/aromatic N) is 1. The first kappa shape index (κ1) is 12.0. The molecule has 2 rings (SSSR count). The molecule has 92 valence electrons. The van der Waals surface area contributed by atoms with Crippen molar-refractivity contribution < 1.29 is 9.90 Å². The second-order valence-electron chi connectivity index (χ2n) is 4.97. The number of aliphatic hydroxyl groups is 1. The van der Waals surface area contributed by atoms with Crippen LogP contribution in [0.25, 0.3) is 0 Å². The van der Waals surface area contributed by atoms with E-state index >= 15 is 0 Å². The van der Waals surface area contributed by atoms with E-state index in [9.17, 15) is 9.90 Å². The molecule has 1 saturated carbocycles. The number of rotatable bonds is 3. The van der Waals surface area contributed by atoms with Crippen molar-refractivity contribution in [3.63, 3.8) is 0 Å². The van der Waals surface area contributed by atoms with Crippen LogP contribution in [0.2, 0.25) is 0 Å². The zero-order valence-corrected chi connectivity index (χ0v) is 10.0. The molecule has 1 aliphatic carbocycles. The number of carbonyl (C=O) groups is 1. The number of aliphatic hydroxyl groups excluding tert-OH is 1. The molecule has 1 amide bonds. The van der Waals surface area contributed by atoms with Crippen molar-refractivity contribution in [3.8, 4) is 0 Å². The highest BCUT2D eigenvalue weighted by Gasteiger charge is 2.39. The third-order valence-electron chi connectivity index (χ3n) is 3.67. The van der Waals surface area contributed by atoms with Crippen LogP contribution in [0, 0.1) is 5.41 Å². The van der Waals surface area contributed by atoms with Gasteiger partial charge >= 0.3 is 0 Å². The molecule has 1 heterocycles. The summed E-state index contributed by atoms with van der Waals surface area (Å²) in [6, 6.07) is 3.54. The molecular formula is C13H18N2O2. The lowest BCUT2D eigenvalue weighted by Gasteiger charge is -2.30. The lowest BCUT2D eigenvalue weighted by Crippen LogP contribution is -2.44. The minimum absolute atomic E-state index is 0.0557. The van der Waals surface area contributed by atoms with Gasteiger partial charge < -0.3 is 10.4 Å². The van der Waals surface area contributed by atoms with Gasteiger partial charge in [-0.15, -0.1) is 0 Å². The van der Waals surface area contributed by atoms with E-state index in [1.54, 1.807) is 24.5 Å². The highest BCUT2D eigenvalue weighted by atomic mass is 16.3. The van der Waals surface area contributed by atoms with Crippen molar-refractivity contribution in [3.05, 3.63) is 30.1 Å². The minimum atomic E-state index is -0.183. The van der Waals surface area contributed by atoms with Crippen molar-refractivity contribution in [2.45, 2.75) is 32.2 Å². The zero-order valence-electron chi connectivity index (χ0n) is 10.0. The highest BCUT2D eigenvalue weighted by Crippen LogP contribution is 2.37. The summed E-state index contributed by atoms with van der Waals surface area (Å²) in [5, 5.41) is 12.4. The summed E-state index contributed by atoms with van der Waals surface area (Å²) in [7, 11) is 0. The molecule has 4 heteroatoms. The predicted octanol–water partition coefficient (Wildman–Crippen LogP) is 1.36. The van der Waals surface area contributed by atoms with E-state index in [1.165, 1.54) is 0 Å². The lowest BCUT2D eigenvalue weighted by atomic mass is 9.85. The van der Waals surface area contributed by atoms with E-state index in [-0.39, 0.29) is 24.0 Å². The number of carbonyl (C=O) groups excluding carboxylic acids is 1. The Hall–Kier alpha value is -1.42. The van der Waals surface area contributed by atoms with Gasteiger partial charge in [0, 0.05) is 23.9 Å². The van der Waals surface area contributed by atoms with Crippen LogP contribution in [0.1, 0.15) is 36.5 Å². The van der Waals surface area contributed by atoms with Crippen molar-refractivity contribution in [2.24, 2.45) is 5.41 Å². The SMILES string of the molecule is CC1(CO)CCCC1NC(=O)c1cccnc1. The van der Waals surface area contributed by atoms with Crippen LogP contribution in [-0.4, -0.2) is 28.6 Å². The third kappa shape index (κ3) is 2.47. The van der Waals surface area contributed by atoms with E-state index in [0.717, 1.165) is 19.3 Å². The largest absolute Gasteiger partial charge is 0.396 e. The number of aromatic nitrogens is 1. The zero-order chi connectivity index (χ0) is 12.3. The van der Waals surface area contributed by atoms with Crippen LogP contribution in [0.4, 0.5) is 0 Å². The molecule has 2 N–H and O–H groups in total. The Bertz CT molecular complexity index is 394. The molecule has 0 aliphatic heterocycles. The van der Waals surface area contributed by atoms with Gasteiger partial charge in [-0.25, -0.2) is 0 Å². The molecule has 0 bridgehead atoms. The maximum absolute atomic E-state index is 12.0.